The Labute approximate surface area is 190 Å². The molecule has 0 saturated carbocycles. The maximum absolute atomic E-state index is 12.2. The Bertz CT molecular complexity index is 1250. The third-order valence-corrected chi connectivity index (χ3v) is 4.87. The van der Waals surface area contributed by atoms with Crippen LogP contribution in [0.4, 0.5) is 16.2 Å². The van der Waals surface area contributed by atoms with Crippen molar-refractivity contribution in [3.63, 3.8) is 0 Å². The summed E-state index contributed by atoms with van der Waals surface area (Å²) in [5, 5.41) is 18.6. The van der Waals surface area contributed by atoms with Gasteiger partial charge in [0.15, 0.2) is 5.82 Å². The summed E-state index contributed by atoms with van der Waals surface area (Å²) in [4.78, 5) is 12.2. The van der Waals surface area contributed by atoms with E-state index in [4.69, 9.17) is 16.3 Å². The molecule has 0 aliphatic heterocycles. The van der Waals surface area contributed by atoms with Crippen molar-refractivity contribution in [2.24, 2.45) is 0 Å². The zero-order valence-corrected chi connectivity index (χ0v) is 18.5. The normalized spacial score (nSPS) is 10.6. The molecule has 4 aromatic rings. The van der Waals surface area contributed by atoms with Gasteiger partial charge >= 0.3 is 6.03 Å². The summed E-state index contributed by atoms with van der Waals surface area (Å²) in [6, 6.07) is 17.4. The molecule has 8 nitrogen and oxygen atoms in total. The summed E-state index contributed by atoms with van der Waals surface area (Å²) in [7, 11) is 0. The number of amides is 2. The van der Waals surface area contributed by atoms with E-state index < -0.39 is 6.03 Å². The van der Waals surface area contributed by atoms with Crippen LogP contribution in [-0.4, -0.2) is 26.0 Å². The van der Waals surface area contributed by atoms with Gasteiger partial charge in [0.1, 0.15) is 5.75 Å². The van der Waals surface area contributed by atoms with E-state index in [1.54, 1.807) is 53.2 Å². The fourth-order valence-electron chi connectivity index (χ4n) is 3.07. The van der Waals surface area contributed by atoms with Crippen molar-refractivity contribution in [3.8, 4) is 17.4 Å². The molecule has 2 aromatic carbocycles. The fourth-order valence-corrected chi connectivity index (χ4v) is 3.36. The molecule has 0 bridgehead atoms. The maximum atomic E-state index is 12.2. The first-order valence-electron chi connectivity index (χ1n) is 9.87. The van der Waals surface area contributed by atoms with Gasteiger partial charge in [0.25, 0.3) is 0 Å². The average Bonchev–Trinajstić information content (AvgIpc) is 3.10. The number of anilines is 2. The number of urea groups is 1. The SMILES string of the molecule is Cc1ccc(NC(=O)Nc2ccc(Oc3ccc(-n4nc(C)cc4C)nn3)cc2)c(Cl)c1. The monoisotopic (exact) mass is 448 g/mol. The summed E-state index contributed by atoms with van der Waals surface area (Å²) in [5.74, 6) is 1.52. The predicted molar refractivity (Wildman–Crippen MR) is 124 cm³/mol. The van der Waals surface area contributed by atoms with Crippen molar-refractivity contribution < 1.29 is 9.53 Å². The quantitative estimate of drug-likeness (QED) is 0.409. The highest BCUT2D eigenvalue weighted by Crippen LogP contribution is 2.24. The number of carbonyl (C=O) groups excluding carboxylic acids is 1. The van der Waals surface area contributed by atoms with Crippen LogP contribution in [0.2, 0.25) is 5.02 Å². The van der Waals surface area contributed by atoms with E-state index in [0.29, 0.717) is 33.8 Å². The lowest BCUT2D eigenvalue weighted by atomic mass is 10.2. The Morgan fingerprint density at radius 1 is 0.938 bits per heavy atom. The van der Waals surface area contributed by atoms with Gasteiger partial charge in [-0.15, -0.1) is 10.2 Å². The van der Waals surface area contributed by atoms with E-state index in [1.165, 1.54) is 0 Å². The van der Waals surface area contributed by atoms with Crippen molar-refractivity contribution in [1.29, 1.82) is 0 Å². The topological polar surface area (TPSA) is 94.0 Å². The molecule has 2 amide bonds. The largest absolute Gasteiger partial charge is 0.438 e. The number of halogens is 1. The maximum Gasteiger partial charge on any atom is 0.323 e. The van der Waals surface area contributed by atoms with Crippen molar-refractivity contribution in [3.05, 3.63) is 82.6 Å². The number of benzene rings is 2. The summed E-state index contributed by atoms with van der Waals surface area (Å²) in [5.41, 5.74) is 4.04. The Morgan fingerprint density at radius 2 is 1.72 bits per heavy atom. The number of nitrogens with one attached hydrogen (secondary N) is 2. The number of hydrogen-bond acceptors (Lipinski definition) is 5. The third-order valence-electron chi connectivity index (χ3n) is 4.56. The number of aromatic nitrogens is 4. The van der Waals surface area contributed by atoms with Gasteiger partial charge in [-0.1, -0.05) is 17.7 Å². The fraction of sp³-hybridized carbons (Fsp3) is 0.130. The minimum Gasteiger partial charge on any atom is -0.438 e. The summed E-state index contributed by atoms with van der Waals surface area (Å²) in [6.07, 6.45) is 0. The first-order valence-corrected chi connectivity index (χ1v) is 10.2. The molecule has 0 aliphatic rings. The van der Waals surface area contributed by atoms with Crippen LogP contribution in [-0.2, 0) is 0 Å². The molecule has 0 radical (unpaired) electrons. The molecule has 9 heteroatoms. The van der Waals surface area contributed by atoms with E-state index in [2.05, 4.69) is 25.9 Å². The van der Waals surface area contributed by atoms with Crippen molar-refractivity contribution in [2.45, 2.75) is 20.8 Å². The minimum absolute atomic E-state index is 0.350. The number of aryl methyl sites for hydroxylation is 3. The van der Waals surface area contributed by atoms with Crippen molar-refractivity contribution >= 4 is 29.0 Å². The summed E-state index contributed by atoms with van der Waals surface area (Å²) in [6.45, 7) is 5.81. The highest BCUT2D eigenvalue weighted by molar-refractivity contribution is 6.33. The molecule has 0 fully saturated rings. The van der Waals surface area contributed by atoms with Gasteiger partial charge in [0, 0.05) is 17.4 Å². The Balaban J connectivity index is 1.36. The Morgan fingerprint density at radius 3 is 2.34 bits per heavy atom. The predicted octanol–water partition coefficient (Wildman–Crippen LogP) is 5.68. The van der Waals surface area contributed by atoms with Gasteiger partial charge in [-0.05, 0) is 74.9 Å². The number of hydrogen-bond donors (Lipinski definition) is 2. The lowest BCUT2D eigenvalue weighted by Gasteiger charge is -2.10. The molecule has 0 unspecified atom stereocenters. The molecule has 0 spiro atoms. The Hall–Kier alpha value is -3.91. The molecule has 32 heavy (non-hydrogen) atoms. The van der Waals surface area contributed by atoms with E-state index >= 15 is 0 Å². The van der Waals surface area contributed by atoms with Crippen molar-refractivity contribution in [1.82, 2.24) is 20.0 Å². The molecular weight excluding hydrogens is 428 g/mol. The van der Waals surface area contributed by atoms with Crippen LogP contribution in [0.3, 0.4) is 0 Å². The second-order valence-corrected chi connectivity index (χ2v) is 7.66. The van der Waals surface area contributed by atoms with Gasteiger partial charge in [-0.25, -0.2) is 9.48 Å². The van der Waals surface area contributed by atoms with Gasteiger partial charge in [0.2, 0.25) is 5.88 Å². The van der Waals surface area contributed by atoms with Crippen molar-refractivity contribution in [2.75, 3.05) is 10.6 Å². The molecular formula is C23H21ClN6O2. The summed E-state index contributed by atoms with van der Waals surface area (Å²) < 4.78 is 7.46. The minimum atomic E-state index is -0.393. The Kier molecular flexibility index (Phi) is 6.04. The van der Waals surface area contributed by atoms with Crippen LogP contribution in [0.5, 0.6) is 11.6 Å². The molecule has 2 heterocycles. The zero-order chi connectivity index (χ0) is 22.7. The van der Waals surface area contributed by atoms with Gasteiger partial charge in [-0.3, -0.25) is 0 Å². The highest BCUT2D eigenvalue weighted by atomic mass is 35.5. The number of ether oxygens (including phenoxy) is 1. The lowest BCUT2D eigenvalue weighted by Crippen LogP contribution is -2.19. The lowest BCUT2D eigenvalue weighted by molar-refractivity contribution is 0.262. The second kappa shape index (κ2) is 9.07. The van der Waals surface area contributed by atoms with E-state index in [1.807, 2.05) is 32.9 Å². The van der Waals surface area contributed by atoms with Gasteiger partial charge in [-0.2, -0.15) is 5.10 Å². The van der Waals surface area contributed by atoms with Gasteiger partial charge < -0.3 is 15.4 Å². The molecule has 4 rings (SSSR count). The van der Waals surface area contributed by atoms with E-state index in [9.17, 15) is 4.79 Å². The standard InChI is InChI=1S/C23H21ClN6O2/c1-14-4-9-20(19(24)12-14)26-23(31)25-17-5-7-18(8-6-17)32-22-11-10-21(27-28-22)30-16(3)13-15(2)29-30/h4-13H,1-3H3,(H2,25,26,31). The van der Waals surface area contributed by atoms with E-state index in [-0.39, 0.29) is 0 Å². The highest BCUT2D eigenvalue weighted by Gasteiger charge is 2.08. The number of carbonyl (C=O) groups is 1. The average molecular weight is 449 g/mol. The third kappa shape index (κ3) is 5.04. The van der Waals surface area contributed by atoms with Gasteiger partial charge in [0.05, 0.1) is 16.4 Å². The second-order valence-electron chi connectivity index (χ2n) is 7.26. The summed E-state index contributed by atoms with van der Waals surface area (Å²) >= 11 is 6.15. The molecule has 2 aromatic heterocycles. The number of nitrogens with zero attached hydrogens (tertiary/aromatic N) is 4. The van der Waals surface area contributed by atoms with Crippen LogP contribution in [0, 0.1) is 20.8 Å². The smallest absolute Gasteiger partial charge is 0.323 e. The van der Waals surface area contributed by atoms with E-state index in [0.717, 1.165) is 17.0 Å². The molecule has 2 N–H and O–H groups in total. The van der Waals surface area contributed by atoms with Crippen LogP contribution in [0.15, 0.2) is 60.7 Å². The van der Waals surface area contributed by atoms with Crippen LogP contribution in [0.1, 0.15) is 17.0 Å². The van der Waals surface area contributed by atoms with Crippen LogP contribution < -0.4 is 15.4 Å². The first-order chi connectivity index (χ1) is 15.4. The van der Waals surface area contributed by atoms with Crippen LogP contribution >= 0.6 is 11.6 Å². The first kappa shape index (κ1) is 21.3. The zero-order valence-electron chi connectivity index (χ0n) is 17.8. The number of rotatable bonds is 5. The molecule has 0 saturated heterocycles. The molecule has 162 valence electrons. The van der Waals surface area contributed by atoms with Crippen LogP contribution in [0.25, 0.3) is 5.82 Å². The molecule has 0 atom stereocenters. The molecule has 0 aliphatic carbocycles.